The van der Waals surface area contributed by atoms with Crippen molar-refractivity contribution in [1.29, 1.82) is 0 Å². The van der Waals surface area contributed by atoms with Gasteiger partial charge in [-0.3, -0.25) is 5.10 Å². The van der Waals surface area contributed by atoms with Gasteiger partial charge in [-0.05, 0) is 37.1 Å². The van der Waals surface area contributed by atoms with Gasteiger partial charge in [-0.15, -0.1) is 35.0 Å². The van der Waals surface area contributed by atoms with E-state index in [1.54, 1.807) is 24.7 Å². The molecule has 0 amide bonds. The van der Waals surface area contributed by atoms with Crippen molar-refractivity contribution in [2.45, 2.75) is 12.8 Å². The van der Waals surface area contributed by atoms with Gasteiger partial charge >= 0.3 is 0 Å². The van der Waals surface area contributed by atoms with Crippen molar-refractivity contribution in [3.63, 3.8) is 0 Å². The zero-order valence-corrected chi connectivity index (χ0v) is 17.3. The summed E-state index contributed by atoms with van der Waals surface area (Å²) < 4.78 is 0. The van der Waals surface area contributed by atoms with Crippen LogP contribution >= 0.6 is 24.8 Å². The highest BCUT2D eigenvalue weighted by Gasteiger charge is 2.41. The van der Waals surface area contributed by atoms with Gasteiger partial charge in [0, 0.05) is 42.4 Å². The van der Waals surface area contributed by atoms with Gasteiger partial charge in [0.15, 0.2) is 0 Å². The average molecular weight is 436 g/mol. The highest BCUT2D eigenvalue weighted by Crippen LogP contribution is 2.37. The van der Waals surface area contributed by atoms with E-state index in [1.165, 1.54) is 12.8 Å². The van der Waals surface area contributed by atoms with Crippen molar-refractivity contribution < 1.29 is 5.11 Å². The van der Waals surface area contributed by atoms with Gasteiger partial charge in [0.1, 0.15) is 11.4 Å². The molecule has 154 valence electrons. The summed E-state index contributed by atoms with van der Waals surface area (Å²) in [6, 6.07) is 5.46. The number of aromatic hydroxyl groups is 1. The minimum absolute atomic E-state index is 0. The van der Waals surface area contributed by atoms with E-state index in [-0.39, 0.29) is 30.6 Å². The fraction of sp³-hybridized carbons (Fsp3) is 0.368. The minimum Gasteiger partial charge on any atom is -0.507 e. The van der Waals surface area contributed by atoms with E-state index in [2.05, 4.69) is 35.6 Å². The number of aromatic amines is 1. The highest BCUT2D eigenvalue weighted by molar-refractivity contribution is 5.85. The normalized spacial score (nSPS) is 20.5. The monoisotopic (exact) mass is 435 g/mol. The average Bonchev–Trinajstić information content (AvgIpc) is 3.45. The SMILES string of the molecule is Cl.Cl.Oc1cc(-c2cn[nH]c2)ccc1-c1cnc(N2CCC3(CCNC3)C2)nn1. The van der Waals surface area contributed by atoms with Crippen molar-refractivity contribution in [3.05, 3.63) is 36.8 Å². The molecule has 2 aromatic heterocycles. The fourth-order valence-corrected chi connectivity index (χ4v) is 4.12. The number of phenolic OH excluding ortho intramolecular Hbond substituents is 1. The van der Waals surface area contributed by atoms with Gasteiger partial charge < -0.3 is 15.3 Å². The van der Waals surface area contributed by atoms with Crippen LogP contribution in [0.3, 0.4) is 0 Å². The Hall–Kier alpha value is -2.42. The number of aromatic nitrogens is 5. The fourth-order valence-electron chi connectivity index (χ4n) is 4.12. The molecule has 2 aliphatic heterocycles. The Kier molecular flexibility index (Phi) is 6.26. The molecule has 3 N–H and O–H groups in total. The molecule has 2 aliphatic rings. The van der Waals surface area contributed by atoms with Gasteiger partial charge in [-0.2, -0.15) is 5.10 Å². The summed E-state index contributed by atoms with van der Waals surface area (Å²) in [5.41, 5.74) is 3.34. The van der Waals surface area contributed by atoms with Crippen LogP contribution in [0.4, 0.5) is 5.95 Å². The lowest BCUT2D eigenvalue weighted by Crippen LogP contribution is -2.30. The molecule has 0 radical (unpaired) electrons. The van der Waals surface area contributed by atoms with Gasteiger partial charge in [-0.1, -0.05) is 6.07 Å². The maximum absolute atomic E-state index is 10.4. The molecule has 4 heterocycles. The predicted octanol–water partition coefficient (Wildman–Crippen LogP) is 2.67. The van der Waals surface area contributed by atoms with Crippen molar-refractivity contribution in [2.24, 2.45) is 5.41 Å². The number of H-pyrrole nitrogens is 1. The smallest absolute Gasteiger partial charge is 0.245 e. The third-order valence-electron chi connectivity index (χ3n) is 5.71. The summed E-state index contributed by atoms with van der Waals surface area (Å²) in [5, 5.41) is 29.2. The van der Waals surface area contributed by atoms with Crippen LogP contribution in [0.1, 0.15) is 12.8 Å². The largest absolute Gasteiger partial charge is 0.507 e. The second kappa shape index (κ2) is 8.52. The summed E-state index contributed by atoms with van der Waals surface area (Å²) in [5.74, 6) is 0.812. The summed E-state index contributed by atoms with van der Waals surface area (Å²) in [6.07, 6.45) is 7.57. The number of nitrogens with one attached hydrogen (secondary N) is 2. The van der Waals surface area contributed by atoms with E-state index < -0.39 is 0 Å². The molecule has 2 saturated heterocycles. The van der Waals surface area contributed by atoms with Gasteiger partial charge in [0.05, 0.1) is 12.4 Å². The van der Waals surface area contributed by atoms with Crippen LogP contribution in [-0.4, -0.2) is 56.7 Å². The minimum atomic E-state index is 0. The molecule has 1 atom stereocenters. The lowest BCUT2D eigenvalue weighted by atomic mass is 9.87. The Balaban J connectivity index is 0.00000120. The van der Waals surface area contributed by atoms with Crippen LogP contribution in [0.5, 0.6) is 5.75 Å². The Morgan fingerprint density at radius 2 is 1.97 bits per heavy atom. The Morgan fingerprint density at radius 3 is 2.62 bits per heavy atom. The Labute approximate surface area is 181 Å². The summed E-state index contributed by atoms with van der Waals surface area (Å²) >= 11 is 0. The number of halogens is 2. The maximum atomic E-state index is 10.4. The van der Waals surface area contributed by atoms with Crippen LogP contribution in [0.25, 0.3) is 22.4 Å². The molecule has 3 aromatic rings. The number of anilines is 1. The van der Waals surface area contributed by atoms with Crippen molar-refractivity contribution in [2.75, 3.05) is 31.1 Å². The van der Waals surface area contributed by atoms with Gasteiger partial charge in [-0.25, -0.2) is 4.98 Å². The molecule has 2 fully saturated rings. The molecule has 0 saturated carbocycles. The second-order valence-electron chi connectivity index (χ2n) is 7.46. The molecule has 0 bridgehead atoms. The Morgan fingerprint density at radius 1 is 1.07 bits per heavy atom. The summed E-state index contributed by atoms with van der Waals surface area (Å²) in [6.45, 7) is 4.12. The molecule has 10 heteroatoms. The summed E-state index contributed by atoms with van der Waals surface area (Å²) in [4.78, 5) is 6.72. The zero-order valence-electron chi connectivity index (χ0n) is 15.7. The zero-order chi connectivity index (χ0) is 18.3. The molecular formula is C19H23Cl2N7O. The molecule has 5 rings (SSSR count). The first kappa shape index (κ1) is 21.3. The number of nitrogens with zero attached hydrogens (tertiary/aromatic N) is 5. The predicted molar refractivity (Wildman–Crippen MR) is 116 cm³/mol. The molecule has 0 aliphatic carbocycles. The van der Waals surface area contributed by atoms with E-state index in [9.17, 15) is 5.11 Å². The van der Waals surface area contributed by atoms with Crippen LogP contribution < -0.4 is 10.2 Å². The highest BCUT2D eigenvalue weighted by atomic mass is 35.5. The number of benzene rings is 1. The number of rotatable bonds is 3. The number of hydrogen-bond donors (Lipinski definition) is 3. The van der Waals surface area contributed by atoms with E-state index in [0.717, 1.165) is 37.3 Å². The van der Waals surface area contributed by atoms with Gasteiger partial charge in [0.25, 0.3) is 0 Å². The third-order valence-corrected chi connectivity index (χ3v) is 5.71. The first-order valence-electron chi connectivity index (χ1n) is 9.20. The van der Waals surface area contributed by atoms with E-state index >= 15 is 0 Å². The first-order valence-corrected chi connectivity index (χ1v) is 9.20. The molecule has 29 heavy (non-hydrogen) atoms. The van der Waals surface area contributed by atoms with E-state index in [0.29, 0.717) is 22.6 Å². The van der Waals surface area contributed by atoms with Crippen LogP contribution in [0, 0.1) is 5.41 Å². The van der Waals surface area contributed by atoms with Crippen molar-refractivity contribution in [1.82, 2.24) is 30.7 Å². The van der Waals surface area contributed by atoms with Gasteiger partial charge in [0.2, 0.25) is 5.95 Å². The Bertz CT molecular complexity index is 944. The molecule has 8 nitrogen and oxygen atoms in total. The topological polar surface area (TPSA) is 103 Å². The molecule has 1 aromatic carbocycles. The summed E-state index contributed by atoms with van der Waals surface area (Å²) in [7, 11) is 0. The lowest BCUT2D eigenvalue weighted by molar-refractivity contribution is 0.369. The van der Waals surface area contributed by atoms with Crippen molar-refractivity contribution in [3.8, 4) is 28.1 Å². The molecule has 1 spiro atoms. The van der Waals surface area contributed by atoms with Crippen LogP contribution in [0.2, 0.25) is 0 Å². The number of hydrogen-bond acceptors (Lipinski definition) is 7. The van der Waals surface area contributed by atoms with E-state index in [1.807, 2.05) is 12.1 Å². The van der Waals surface area contributed by atoms with Crippen LogP contribution in [-0.2, 0) is 0 Å². The van der Waals surface area contributed by atoms with E-state index in [4.69, 9.17) is 0 Å². The standard InChI is InChI=1S/C19H21N7O.2ClH/c27-17-7-13(14-8-22-23-9-14)1-2-15(17)16-10-21-18(25-24-16)26-6-4-19(12-26)3-5-20-11-19;;/h1-2,7-10,20,27H,3-6,11-12H2,(H,22,23);2*1H. The second-order valence-corrected chi connectivity index (χ2v) is 7.46. The quantitative estimate of drug-likeness (QED) is 0.580. The van der Waals surface area contributed by atoms with Crippen LogP contribution in [0.15, 0.2) is 36.8 Å². The lowest BCUT2D eigenvalue weighted by Gasteiger charge is -2.22. The number of phenols is 1. The maximum Gasteiger partial charge on any atom is 0.245 e. The molecule has 1 unspecified atom stereocenters. The molecular weight excluding hydrogens is 413 g/mol. The van der Waals surface area contributed by atoms with Crippen molar-refractivity contribution >= 4 is 30.8 Å². The first-order chi connectivity index (χ1) is 13.2. The third kappa shape index (κ3) is 4.01.